The summed E-state index contributed by atoms with van der Waals surface area (Å²) in [4.78, 5) is 28.3. The quantitative estimate of drug-likeness (QED) is 0.899. The first kappa shape index (κ1) is 16.9. The van der Waals surface area contributed by atoms with Gasteiger partial charge in [0.1, 0.15) is 5.82 Å². The Labute approximate surface area is 141 Å². The molecule has 0 spiro atoms. The van der Waals surface area contributed by atoms with E-state index in [1.807, 2.05) is 11.9 Å². The number of likely N-dealkylation sites (tertiary alicyclic amines) is 2. The molecule has 0 radical (unpaired) electrons. The van der Waals surface area contributed by atoms with E-state index in [2.05, 4.69) is 10.2 Å². The number of carbonyl (C=O) groups is 2. The van der Waals surface area contributed by atoms with E-state index in [1.54, 1.807) is 19.1 Å². The number of carbonyl (C=O) groups excluding carboxylic acids is 2. The number of nitrogens with zero attached hydrogens (tertiary/aromatic N) is 2. The number of benzene rings is 1. The van der Waals surface area contributed by atoms with Crippen molar-refractivity contribution >= 4 is 11.8 Å². The minimum Gasteiger partial charge on any atom is -0.349 e. The highest BCUT2D eigenvalue weighted by atomic mass is 19.1. The van der Waals surface area contributed by atoms with Crippen LogP contribution < -0.4 is 5.32 Å². The standard InChI is InChI=1S/C18H24FN3O2/c1-13(23)20-18-7-8-22(11-15(18)10-21(2)12-18)17(24)9-14-3-5-16(19)6-4-14/h3-6,15H,7-12H2,1-2H3,(H,20,23)/t15-,18+/m0/s1. The van der Waals surface area contributed by atoms with Crippen molar-refractivity contribution in [3.05, 3.63) is 35.6 Å². The van der Waals surface area contributed by atoms with Crippen LogP contribution in [0.15, 0.2) is 24.3 Å². The van der Waals surface area contributed by atoms with Gasteiger partial charge in [-0.15, -0.1) is 0 Å². The number of amides is 2. The molecule has 5 nitrogen and oxygen atoms in total. The molecule has 2 aliphatic rings. The number of piperidine rings is 1. The van der Waals surface area contributed by atoms with Gasteiger partial charge in [0.2, 0.25) is 11.8 Å². The molecule has 2 fully saturated rings. The van der Waals surface area contributed by atoms with Gasteiger partial charge in [-0.1, -0.05) is 12.1 Å². The molecule has 0 unspecified atom stereocenters. The van der Waals surface area contributed by atoms with Gasteiger partial charge in [-0.05, 0) is 31.2 Å². The van der Waals surface area contributed by atoms with Crippen molar-refractivity contribution in [1.82, 2.24) is 15.1 Å². The number of likely N-dealkylation sites (N-methyl/N-ethyl adjacent to an activating group) is 1. The Morgan fingerprint density at radius 2 is 2.00 bits per heavy atom. The Kier molecular flexibility index (Phi) is 4.58. The summed E-state index contributed by atoms with van der Waals surface area (Å²) in [6.07, 6.45) is 1.06. The third-order valence-electron chi connectivity index (χ3n) is 5.18. The second-order valence-corrected chi connectivity index (χ2v) is 7.12. The van der Waals surface area contributed by atoms with Gasteiger partial charge in [0, 0.05) is 39.0 Å². The largest absolute Gasteiger partial charge is 0.349 e. The number of hydrogen-bond acceptors (Lipinski definition) is 3. The normalized spacial score (nSPS) is 27.0. The molecule has 24 heavy (non-hydrogen) atoms. The maximum absolute atomic E-state index is 13.0. The summed E-state index contributed by atoms with van der Waals surface area (Å²) in [5, 5.41) is 3.14. The van der Waals surface area contributed by atoms with Gasteiger partial charge in [-0.2, -0.15) is 0 Å². The molecule has 1 aromatic rings. The van der Waals surface area contributed by atoms with Crippen LogP contribution in [-0.4, -0.2) is 60.4 Å². The van der Waals surface area contributed by atoms with E-state index in [0.29, 0.717) is 13.1 Å². The molecule has 2 amide bonds. The lowest BCUT2D eigenvalue weighted by molar-refractivity contribution is -0.133. The summed E-state index contributed by atoms with van der Waals surface area (Å²) < 4.78 is 13.0. The van der Waals surface area contributed by atoms with Crippen molar-refractivity contribution in [2.75, 3.05) is 33.2 Å². The van der Waals surface area contributed by atoms with Crippen molar-refractivity contribution < 1.29 is 14.0 Å². The van der Waals surface area contributed by atoms with E-state index in [4.69, 9.17) is 0 Å². The number of hydrogen-bond donors (Lipinski definition) is 1. The highest BCUT2D eigenvalue weighted by Gasteiger charge is 2.49. The third kappa shape index (κ3) is 3.43. The molecule has 0 saturated carbocycles. The first-order valence-electron chi connectivity index (χ1n) is 8.37. The van der Waals surface area contributed by atoms with E-state index in [9.17, 15) is 14.0 Å². The predicted octanol–water partition coefficient (Wildman–Crippen LogP) is 1.04. The summed E-state index contributed by atoms with van der Waals surface area (Å²) in [5.74, 6) is 0.00421. The van der Waals surface area contributed by atoms with Crippen LogP contribution in [0.3, 0.4) is 0 Å². The molecule has 1 N–H and O–H groups in total. The maximum Gasteiger partial charge on any atom is 0.227 e. The fourth-order valence-corrected chi connectivity index (χ4v) is 4.10. The van der Waals surface area contributed by atoms with Gasteiger partial charge in [-0.3, -0.25) is 9.59 Å². The molecule has 2 heterocycles. The number of nitrogens with one attached hydrogen (secondary N) is 1. The molecular formula is C18H24FN3O2. The van der Waals surface area contributed by atoms with Crippen molar-refractivity contribution in [1.29, 1.82) is 0 Å². The van der Waals surface area contributed by atoms with Crippen LogP contribution in [0.1, 0.15) is 18.9 Å². The predicted molar refractivity (Wildman–Crippen MR) is 88.8 cm³/mol. The van der Waals surface area contributed by atoms with Gasteiger partial charge in [0.05, 0.1) is 12.0 Å². The van der Waals surface area contributed by atoms with E-state index < -0.39 is 0 Å². The van der Waals surface area contributed by atoms with E-state index in [0.717, 1.165) is 25.1 Å². The molecule has 6 heteroatoms. The van der Waals surface area contributed by atoms with E-state index >= 15 is 0 Å². The molecule has 1 aromatic carbocycles. The first-order valence-corrected chi connectivity index (χ1v) is 8.37. The molecule has 0 bridgehead atoms. The van der Waals surface area contributed by atoms with Crippen LogP contribution in [0.2, 0.25) is 0 Å². The molecular weight excluding hydrogens is 309 g/mol. The highest BCUT2D eigenvalue weighted by Crippen LogP contribution is 2.34. The summed E-state index contributed by atoms with van der Waals surface area (Å²) >= 11 is 0. The number of fused-ring (bicyclic) bond motifs is 1. The lowest BCUT2D eigenvalue weighted by Gasteiger charge is -2.44. The summed E-state index contributed by atoms with van der Waals surface area (Å²) in [5.41, 5.74) is 0.608. The molecule has 2 atom stereocenters. The Balaban J connectivity index is 1.66. The monoisotopic (exact) mass is 333 g/mol. The molecule has 130 valence electrons. The molecule has 2 aliphatic heterocycles. The minimum absolute atomic E-state index is 0.0126. The first-order chi connectivity index (χ1) is 11.4. The lowest BCUT2D eigenvalue weighted by Crippen LogP contribution is -2.61. The second-order valence-electron chi connectivity index (χ2n) is 7.12. The van der Waals surface area contributed by atoms with Crippen LogP contribution in [0.25, 0.3) is 0 Å². The van der Waals surface area contributed by atoms with Crippen LogP contribution >= 0.6 is 0 Å². The highest BCUT2D eigenvalue weighted by molar-refractivity contribution is 5.79. The molecule has 3 rings (SSSR count). The second kappa shape index (κ2) is 6.51. The van der Waals surface area contributed by atoms with Gasteiger partial charge in [0.15, 0.2) is 0 Å². The fraction of sp³-hybridized carbons (Fsp3) is 0.556. The zero-order valence-corrected chi connectivity index (χ0v) is 14.2. The van der Waals surface area contributed by atoms with Crippen molar-refractivity contribution in [2.45, 2.75) is 25.3 Å². The van der Waals surface area contributed by atoms with Gasteiger partial charge in [-0.25, -0.2) is 4.39 Å². The van der Waals surface area contributed by atoms with Gasteiger partial charge >= 0.3 is 0 Å². The molecule has 0 aliphatic carbocycles. The zero-order chi connectivity index (χ0) is 17.3. The van der Waals surface area contributed by atoms with Gasteiger partial charge < -0.3 is 15.1 Å². The number of rotatable bonds is 3. The third-order valence-corrected chi connectivity index (χ3v) is 5.18. The Morgan fingerprint density at radius 3 is 2.67 bits per heavy atom. The van der Waals surface area contributed by atoms with Crippen LogP contribution in [0.4, 0.5) is 4.39 Å². The molecule has 2 saturated heterocycles. The average molecular weight is 333 g/mol. The summed E-state index contributed by atoms with van der Waals surface area (Å²) in [6, 6.07) is 6.07. The van der Waals surface area contributed by atoms with Crippen LogP contribution in [0.5, 0.6) is 0 Å². The Morgan fingerprint density at radius 1 is 1.29 bits per heavy atom. The SMILES string of the molecule is CC(=O)N[C@@]12CCN(C(=O)Cc3ccc(F)cc3)C[C@@H]1CN(C)C2. The van der Waals surface area contributed by atoms with Crippen molar-refractivity contribution in [2.24, 2.45) is 5.92 Å². The Bertz CT molecular complexity index is 634. The van der Waals surface area contributed by atoms with E-state index in [-0.39, 0.29) is 35.5 Å². The fourth-order valence-electron chi connectivity index (χ4n) is 4.10. The lowest BCUT2D eigenvalue weighted by atomic mass is 9.80. The summed E-state index contributed by atoms with van der Waals surface area (Å²) in [7, 11) is 2.05. The maximum atomic E-state index is 13.0. The van der Waals surface area contributed by atoms with Crippen molar-refractivity contribution in [3.63, 3.8) is 0 Å². The van der Waals surface area contributed by atoms with Crippen LogP contribution in [-0.2, 0) is 16.0 Å². The van der Waals surface area contributed by atoms with Crippen molar-refractivity contribution in [3.8, 4) is 0 Å². The summed E-state index contributed by atoms with van der Waals surface area (Å²) in [6.45, 7) is 4.56. The smallest absolute Gasteiger partial charge is 0.227 e. The van der Waals surface area contributed by atoms with Gasteiger partial charge in [0.25, 0.3) is 0 Å². The van der Waals surface area contributed by atoms with E-state index in [1.165, 1.54) is 12.1 Å². The Hall–Kier alpha value is -1.95. The average Bonchev–Trinajstić information content (AvgIpc) is 2.83. The topological polar surface area (TPSA) is 52.7 Å². The minimum atomic E-state index is -0.293. The zero-order valence-electron chi connectivity index (χ0n) is 14.2. The van der Waals surface area contributed by atoms with Crippen LogP contribution in [0, 0.1) is 11.7 Å². The molecule has 0 aromatic heterocycles. The number of halogens is 1.